The largest absolute Gasteiger partial charge is 0.207 e. The zero-order chi connectivity index (χ0) is 9.68. The molecule has 0 saturated heterocycles. The summed E-state index contributed by atoms with van der Waals surface area (Å²) in [6.45, 7) is 1.74. The molecule has 68 valence electrons. The molecule has 0 unspecified atom stereocenters. The third-order valence-corrected chi connectivity index (χ3v) is 1.85. The molecule has 0 saturated carbocycles. The first-order valence-corrected chi connectivity index (χ1v) is 4.73. The maximum atomic E-state index is 12.8. The minimum Gasteiger partial charge on any atom is -0.207 e. The van der Waals surface area contributed by atoms with Crippen molar-refractivity contribution >= 4 is 12.6 Å². The Morgan fingerprint density at radius 1 is 1.46 bits per heavy atom. The van der Waals surface area contributed by atoms with Crippen LogP contribution in [0.25, 0.3) is 0 Å². The van der Waals surface area contributed by atoms with Crippen LogP contribution in [0.3, 0.4) is 0 Å². The Bertz CT molecular complexity index is 347. The molecule has 0 aliphatic rings. The Balaban J connectivity index is 2.81. The van der Waals surface area contributed by atoms with Gasteiger partial charge in [-0.1, -0.05) is 11.8 Å². The second kappa shape index (κ2) is 4.94. The molecule has 0 aromatic heterocycles. The molecule has 0 aliphatic carbocycles. The molecular weight excluding hydrogens is 183 g/mol. The highest BCUT2D eigenvalue weighted by Gasteiger charge is 1.95. The maximum Gasteiger partial charge on any atom is 0.126 e. The summed E-state index contributed by atoms with van der Waals surface area (Å²) in [5, 5.41) is 0. The van der Waals surface area contributed by atoms with Gasteiger partial charge in [-0.05, 0) is 30.7 Å². The number of hydrogen-bond donors (Lipinski definition) is 1. The molecule has 0 amide bonds. The van der Waals surface area contributed by atoms with Gasteiger partial charge in [0.1, 0.15) is 5.82 Å². The molecule has 1 aromatic rings. The summed E-state index contributed by atoms with van der Waals surface area (Å²) in [6.07, 6.45) is 0.763. The second-order valence-electron chi connectivity index (χ2n) is 2.74. The fourth-order valence-corrected chi connectivity index (χ4v) is 1.05. The topological polar surface area (TPSA) is 0 Å². The molecule has 0 radical (unpaired) electrons. The Kier molecular flexibility index (Phi) is 3.85. The van der Waals surface area contributed by atoms with E-state index in [0.717, 1.165) is 17.7 Å². The average molecular weight is 194 g/mol. The highest BCUT2D eigenvalue weighted by Crippen LogP contribution is 2.07. The fraction of sp³-hybridized carbons (Fsp3) is 0.273. The zero-order valence-electron chi connectivity index (χ0n) is 7.47. The number of aryl methyl sites for hydroxylation is 1. The predicted molar refractivity (Wildman–Crippen MR) is 56.5 cm³/mol. The Morgan fingerprint density at radius 3 is 2.85 bits per heavy atom. The SMILES string of the molecule is Cc1cc(C#CCCS)ccc1F. The molecule has 0 nitrogen and oxygen atoms in total. The number of thiol groups is 1. The van der Waals surface area contributed by atoms with E-state index >= 15 is 0 Å². The highest BCUT2D eigenvalue weighted by atomic mass is 32.1. The van der Waals surface area contributed by atoms with Crippen molar-refractivity contribution in [3.05, 3.63) is 35.1 Å². The van der Waals surface area contributed by atoms with Gasteiger partial charge in [0.2, 0.25) is 0 Å². The van der Waals surface area contributed by atoms with Crippen molar-refractivity contribution in [3.8, 4) is 11.8 Å². The number of benzene rings is 1. The Morgan fingerprint density at radius 2 is 2.23 bits per heavy atom. The first kappa shape index (κ1) is 10.1. The lowest BCUT2D eigenvalue weighted by atomic mass is 10.1. The maximum absolute atomic E-state index is 12.8. The summed E-state index contributed by atoms with van der Waals surface area (Å²) >= 11 is 4.04. The smallest absolute Gasteiger partial charge is 0.126 e. The van der Waals surface area contributed by atoms with Gasteiger partial charge in [-0.15, -0.1) is 0 Å². The Labute approximate surface area is 83.6 Å². The molecule has 0 fully saturated rings. The summed E-state index contributed by atoms with van der Waals surface area (Å²) in [4.78, 5) is 0. The predicted octanol–water partition coefficient (Wildman–Crippen LogP) is 2.81. The highest BCUT2D eigenvalue weighted by molar-refractivity contribution is 7.80. The van der Waals surface area contributed by atoms with E-state index in [-0.39, 0.29) is 5.82 Å². The fourth-order valence-electron chi connectivity index (χ4n) is 0.943. The zero-order valence-corrected chi connectivity index (χ0v) is 8.37. The van der Waals surface area contributed by atoms with E-state index < -0.39 is 0 Å². The van der Waals surface area contributed by atoms with Gasteiger partial charge in [0.25, 0.3) is 0 Å². The molecule has 0 atom stereocenters. The minimum absolute atomic E-state index is 0.181. The van der Waals surface area contributed by atoms with E-state index in [1.54, 1.807) is 19.1 Å². The molecule has 0 aliphatic heterocycles. The Hall–Kier alpha value is -0.940. The number of halogens is 1. The van der Waals surface area contributed by atoms with Crippen molar-refractivity contribution in [2.45, 2.75) is 13.3 Å². The van der Waals surface area contributed by atoms with E-state index in [1.807, 2.05) is 0 Å². The van der Waals surface area contributed by atoms with Crippen molar-refractivity contribution < 1.29 is 4.39 Å². The summed E-state index contributed by atoms with van der Waals surface area (Å²) in [5.74, 6) is 6.47. The summed E-state index contributed by atoms with van der Waals surface area (Å²) in [6, 6.07) is 4.88. The van der Waals surface area contributed by atoms with Crippen LogP contribution in [0.2, 0.25) is 0 Å². The van der Waals surface area contributed by atoms with Gasteiger partial charge in [0.15, 0.2) is 0 Å². The summed E-state index contributed by atoms with van der Waals surface area (Å²) < 4.78 is 12.8. The lowest BCUT2D eigenvalue weighted by molar-refractivity contribution is 0.618. The van der Waals surface area contributed by atoms with Crippen LogP contribution >= 0.6 is 12.6 Å². The molecule has 1 aromatic carbocycles. The van der Waals surface area contributed by atoms with Crippen molar-refractivity contribution in [2.75, 3.05) is 5.75 Å². The van der Waals surface area contributed by atoms with E-state index in [1.165, 1.54) is 6.07 Å². The molecule has 0 N–H and O–H groups in total. The normalized spacial score (nSPS) is 9.15. The van der Waals surface area contributed by atoms with Crippen LogP contribution in [-0.4, -0.2) is 5.75 Å². The van der Waals surface area contributed by atoms with Gasteiger partial charge < -0.3 is 0 Å². The van der Waals surface area contributed by atoms with E-state index in [0.29, 0.717) is 5.56 Å². The monoisotopic (exact) mass is 194 g/mol. The summed E-state index contributed by atoms with van der Waals surface area (Å²) in [7, 11) is 0. The van der Waals surface area contributed by atoms with Gasteiger partial charge in [-0.2, -0.15) is 12.6 Å². The van der Waals surface area contributed by atoms with Gasteiger partial charge in [0, 0.05) is 17.7 Å². The second-order valence-corrected chi connectivity index (χ2v) is 3.19. The summed E-state index contributed by atoms with van der Waals surface area (Å²) in [5.41, 5.74) is 1.50. The molecule has 0 heterocycles. The van der Waals surface area contributed by atoms with Crippen LogP contribution in [0.5, 0.6) is 0 Å². The average Bonchev–Trinajstić information content (AvgIpc) is 2.12. The quantitative estimate of drug-likeness (QED) is 0.516. The van der Waals surface area contributed by atoms with Gasteiger partial charge in [0.05, 0.1) is 0 Å². The molecule has 0 bridgehead atoms. The van der Waals surface area contributed by atoms with E-state index in [2.05, 4.69) is 24.5 Å². The van der Waals surface area contributed by atoms with Crippen molar-refractivity contribution in [2.24, 2.45) is 0 Å². The minimum atomic E-state index is -0.181. The molecule has 13 heavy (non-hydrogen) atoms. The number of hydrogen-bond acceptors (Lipinski definition) is 1. The van der Waals surface area contributed by atoms with E-state index in [9.17, 15) is 4.39 Å². The lowest BCUT2D eigenvalue weighted by Crippen LogP contribution is -1.83. The first-order valence-electron chi connectivity index (χ1n) is 4.10. The third-order valence-electron chi connectivity index (χ3n) is 1.63. The van der Waals surface area contributed by atoms with Crippen molar-refractivity contribution in [1.82, 2.24) is 0 Å². The van der Waals surface area contributed by atoms with Crippen LogP contribution in [0.4, 0.5) is 4.39 Å². The molecule has 1 rings (SSSR count). The van der Waals surface area contributed by atoms with Crippen LogP contribution in [0, 0.1) is 24.6 Å². The molecule has 0 spiro atoms. The number of rotatable bonds is 1. The van der Waals surface area contributed by atoms with Crippen LogP contribution in [0.15, 0.2) is 18.2 Å². The first-order chi connectivity index (χ1) is 6.24. The lowest BCUT2D eigenvalue weighted by Gasteiger charge is -1.95. The van der Waals surface area contributed by atoms with Gasteiger partial charge in [-0.3, -0.25) is 0 Å². The van der Waals surface area contributed by atoms with E-state index in [4.69, 9.17) is 0 Å². The van der Waals surface area contributed by atoms with Crippen LogP contribution in [0.1, 0.15) is 17.5 Å². The molecular formula is C11H11FS. The van der Waals surface area contributed by atoms with Gasteiger partial charge >= 0.3 is 0 Å². The van der Waals surface area contributed by atoms with Crippen LogP contribution < -0.4 is 0 Å². The van der Waals surface area contributed by atoms with Gasteiger partial charge in [-0.25, -0.2) is 4.39 Å². The van der Waals surface area contributed by atoms with Crippen LogP contribution in [-0.2, 0) is 0 Å². The third kappa shape index (κ3) is 3.12. The molecule has 2 heteroatoms. The van der Waals surface area contributed by atoms with Crippen molar-refractivity contribution in [1.29, 1.82) is 0 Å². The standard InChI is InChI=1S/C11H11FS/c1-9-8-10(4-2-3-7-13)5-6-11(9)12/h5-6,8,13H,3,7H2,1H3. The van der Waals surface area contributed by atoms with Crippen molar-refractivity contribution in [3.63, 3.8) is 0 Å².